The zero-order valence-electron chi connectivity index (χ0n) is 11.6. The highest BCUT2D eigenvalue weighted by Crippen LogP contribution is 2.44. The van der Waals surface area contributed by atoms with Crippen molar-refractivity contribution in [3.63, 3.8) is 0 Å². The normalized spacial score (nSPS) is 25.2. The molecule has 2 atom stereocenters. The third-order valence-electron chi connectivity index (χ3n) is 4.27. The minimum Gasteiger partial charge on any atom is -0.496 e. The van der Waals surface area contributed by atoms with E-state index in [0.29, 0.717) is 35.2 Å². The van der Waals surface area contributed by atoms with Crippen molar-refractivity contribution in [3.8, 4) is 5.75 Å². The van der Waals surface area contributed by atoms with Gasteiger partial charge in [0.15, 0.2) is 0 Å². The quantitative estimate of drug-likeness (QED) is 0.784. The van der Waals surface area contributed by atoms with E-state index in [9.17, 15) is 9.59 Å². The summed E-state index contributed by atoms with van der Waals surface area (Å²) in [5.41, 5.74) is 0.835. The Balaban J connectivity index is 1.95. The summed E-state index contributed by atoms with van der Waals surface area (Å²) in [6, 6.07) is 3.46. The lowest BCUT2D eigenvalue weighted by atomic mass is 9.93. The number of ether oxygens (including phenoxy) is 1. The van der Waals surface area contributed by atoms with Crippen LogP contribution in [0.5, 0.6) is 5.75 Å². The highest BCUT2D eigenvalue weighted by molar-refractivity contribution is 6.42. The van der Waals surface area contributed by atoms with Crippen LogP contribution in [0, 0.1) is 0 Å². The predicted octanol–water partition coefficient (Wildman–Crippen LogP) is 3.05. The van der Waals surface area contributed by atoms with Crippen LogP contribution in [0.1, 0.15) is 30.7 Å². The number of carbonyl (C=O) groups excluding carboxylic acids is 2. The SMILES string of the molecule is COc1ccc(Cl)c(Cl)c1[C@H]1C[C@H]2CC(=O)CC(=O)N2C1. The van der Waals surface area contributed by atoms with E-state index in [-0.39, 0.29) is 30.1 Å². The van der Waals surface area contributed by atoms with E-state index in [0.717, 1.165) is 5.56 Å². The second-order valence-electron chi connectivity index (χ2n) is 5.53. The number of amides is 1. The van der Waals surface area contributed by atoms with E-state index in [2.05, 4.69) is 0 Å². The Morgan fingerprint density at radius 1 is 1.29 bits per heavy atom. The number of methoxy groups -OCH3 is 1. The van der Waals surface area contributed by atoms with Crippen molar-refractivity contribution in [3.05, 3.63) is 27.7 Å². The molecule has 4 nitrogen and oxygen atoms in total. The number of Topliss-reactive ketones (excluding diaryl/α,β-unsaturated/α-hetero) is 1. The Morgan fingerprint density at radius 3 is 2.76 bits per heavy atom. The van der Waals surface area contributed by atoms with Crippen LogP contribution in [-0.2, 0) is 9.59 Å². The number of ketones is 1. The zero-order valence-corrected chi connectivity index (χ0v) is 13.1. The molecule has 2 heterocycles. The first-order valence-electron chi connectivity index (χ1n) is 6.84. The van der Waals surface area contributed by atoms with Crippen LogP contribution in [0.4, 0.5) is 0 Å². The number of rotatable bonds is 2. The summed E-state index contributed by atoms with van der Waals surface area (Å²) in [6.07, 6.45) is 1.17. The van der Waals surface area contributed by atoms with Crippen molar-refractivity contribution < 1.29 is 14.3 Å². The monoisotopic (exact) mass is 327 g/mol. The number of carbonyl (C=O) groups is 2. The molecule has 0 bridgehead atoms. The third kappa shape index (κ3) is 2.51. The first kappa shape index (κ1) is 14.7. The molecule has 0 unspecified atom stereocenters. The smallest absolute Gasteiger partial charge is 0.230 e. The van der Waals surface area contributed by atoms with Gasteiger partial charge in [0.1, 0.15) is 11.5 Å². The van der Waals surface area contributed by atoms with Gasteiger partial charge in [-0.2, -0.15) is 0 Å². The molecule has 112 valence electrons. The first-order chi connectivity index (χ1) is 10.0. The average molecular weight is 328 g/mol. The van der Waals surface area contributed by atoms with Crippen molar-refractivity contribution in [2.24, 2.45) is 0 Å². The van der Waals surface area contributed by atoms with Crippen molar-refractivity contribution in [1.82, 2.24) is 4.90 Å². The van der Waals surface area contributed by atoms with Gasteiger partial charge in [0.05, 0.1) is 23.6 Å². The van der Waals surface area contributed by atoms with Crippen LogP contribution in [-0.4, -0.2) is 36.3 Å². The minimum absolute atomic E-state index is 0.0175. The summed E-state index contributed by atoms with van der Waals surface area (Å²) in [7, 11) is 1.58. The molecule has 2 fully saturated rings. The molecule has 2 saturated heterocycles. The molecule has 2 aliphatic heterocycles. The number of piperidine rings is 1. The van der Waals surface area contributed by atoms with E-state index in [4.69, 9.17) is 27.9 Å². The molecule has 2 aliphatic rings. The number of nitrogens with zero attached hydrogens (tertiary/aromatic N) is 1. The summed E-state index contributed by atoms with van der Waals surface area (Å²) in [5.74, 6) is 0.654. The molecule has 0 saturated carbocycles. The molecule has 1 aromatic rings. The van der Waals surface area contributed by atoms with Crippen molar-refractivity contribution in [2.75, 3.05) is 13.7 Å². The van der Waals surface area contributed by atoms with Gasteiger partial charge in [-0.1, -0.05) is 23.2 Å². The summed E-state index contributed by atoms with van der Waals surface area (Å²) in [4.78, 5) is 25.4. The molecule has 6 heteroatoms. The average Bonchev–Trinajstić information content (AvgIpc) is 2.85. The van der Waals surface area contributed by atoms with E-state index in [1.807, 2.05) is 0 Å². The number of benzene rings is 1. The van der Waals surface area contributed by atoms with Crippen LogP contribution < -0.4 is 4.74 Å². The van der Waals surface area contributed by atoms with Crippen molar-refractivity contribution in [1.29, 1.82) is 0 Å². The Morgan fingerprint density at radius 2 is 2.05 bits per heavy atom. The number of halogens is 2. The number of hydrogen-bond acceptors (Lipinski definition) is 3. The van der Waals surface area contributed by atoms with Gasteiger partial charge in [-0.15, -0.1) is 0 Å². The van der Waals surface area contributed by atoms with Gasteiger partial charge in [0.25, 0.3) is 0 Å². The lowest BCUT2D eigenvalue weighted by Crippen LogP contribution is -2.42. The molecular formula is C15H15Cl2NO3. The van der Waals surface area contributed by atoms with Crippen LogP contribution in [0.15, 0.2) is 12.1 Å². The van der Waals surface area contributed by atoms with E-state index >= 15 is 0 Å². The Bertz CT molecular complexity index is 617. The van der Waals surface area contributed by atoms with Crippen molar-refractivity contribution in [2.45, 2.75) is 31.2 Å². The summed E-state index contributed by atoms with van der Waals surface area (Å²) >= 11 is 12.4. The van der Waals surface area contributed by atoms with Crippen LogP contribution in [0.3, 0.4) is 0 Å². The minimum atomic E-state index is -0.0872. The first-order valence-corrected chi connectivity index (χ1v) is 7.60. The van der Waals surface area contributed by atoms with E-state index in [1.165, 1.54) is 0 Å². The second kappa shape index (κ2) is 5.50. The van der Waals surface area contributed by atoms with Crippen LogP contribution in [0.25, 0.3) is 0 Å². The molecular weight excluding hydrogens is 313 g/mol. The fourth-order valence-corrected chi connectivity index (χ4v) is 3.81. The van der Waals surface area contributed by atoms with Gasteiger partial charge < -0.3 is 9.64 Å². The molecule has 0 aliphatic carbocycles. The number of hydrogen-bond donors (Lipinski definition) is 0. The maximum Gasteiger partial charge on any atom is 0.230 e. The molecule has 1 aromatic carbocycles. The van der Waals surface area contributed by atoms with Gasteiger partial charge in [-0.25, -0.2) is 0 Å². The molecule has 0 aromatic heterocycles. The molecule has 21 heavy (non-hydrogen) atoms. The van der Waals surface area contributed by atoms with Gasteiger partial charge in [-0.05, 0) is 18.6 Å². The van der Waals surface area contributed by atoms with Gasteiger partial charge >= 0.3 is 0 Å². The fraction of sp³-hybridized carbons (Fsp3) is 0.467. The summed E-state index contributed by atoms with van der Waals surface area (Å²) in [6.45, 7) is 0.563. The van der Waals surface area contributed by atoms with E-state index < -0.39 is 0 Å². The lowest BCUT2D eigenvalue weighted by Gasteiger charge is -2.28. The predicted molar refractivity (Wildman–Crippen MR) is 80.1 cm³/mol. The zero-order chi connectivity index (χ0) is 15.1. The molecule has 0 N–H and O–H groups in total. The summed E-state index contributed by atoms with van der Waals surface area (Å²) < 4.78 is 5.38. The largest absolute Gasteiger partial charge is 0.496 e. The van der Waals surface area contributed by atoms with Gasteiger partial charge in [-0.3, -0.25) is 9.59 Å². The Hall–Kier alpha value is -1.26. The third-order valence-corrected chi connectivity index (χ3v) is 5.09. The topological polar surface area (TPSA) is 46.6 Å². The highest BCUT2D eigenvalue weighted by atomic mass is 35.5. The Labute approximate surface area is 133 Å². The van der Waals surface area contributed by atoms with E-state index in [1.54, 1.807) is 24.1 Å². The van der Waals surface area contributed by atoms with Crippen molar-refractivity contribution >= 4 is 34.9 Å². The molecule has 3 rings (SSSR count). The molecule has 1 amide bonds. The Kier molecular flexibility index (Phi) is 3.84. The maximum absolute atomic E-state index is 12.0. The fourth-order valence-electron chi connectivity index (χ4n) is 3.34. The standard InChI is InChI=1S/C15H15Cl2NO3/c1-21-12-3-2-11(16)15(17)14(12)8-4-9-5-10(19)6-13(20)18(9)7-8/h2-3,8-9H,4-7H2,1H3/t8-,9-/m0/s1. The number of fused-ring (bicyclic) bond motifs is 1. The second-order valence-corrected chi connectivity index (χ2v) is 6.31. The van der Waals surface area contributed by atoms with Crippen LogP contribution in [0.2, 0.25) is 10.0 Å². The van der Waals surface area contributed by atoms with Gasteiger partial charge in [0.2, 0.25) is 5.91 Å². The maximum atomic E-state index is 12.0. The molecule has 0 spiro atoms. The molecule has 0 radical (unpaired) electrons. The summed E-state index contributed by atoms with van der Waals surface area (Å²) in [5, 5.41) is 0.944. The van der Waals surface area contributed by atoms with Crippen LogP contribution >= 0.6 is 23.2 Å². The highest BCUT2D eigenvalue weighted by Gasteiger charge is 2.42. The lowest BCUT2D eigenvalue weighted by molar-refractivity contribution is -0.140. The van der Waals surface area contributed by atoms with Gasteiger partial charge in [0, 0.05) is 30.5 Å².